The lowest BCUT2D eigenvalue weighted by Gasteiger charge is -2.27. The van der Waals surface area contributed by atoms with Crippen LogP contribution in [0, 0.1) is 0 Å². The summed E-state index contributed by atoms with van der Waals surface area (Å²) in [6.07, 6.45) is 0.942. The van der Waals surface area contributed by atoms with E-state index in [2.05, 4.69) is 4.90 Å². The standard InChI is InChI=1S/C34H37NO10.C2H6O4S/c1-38-25-8-6-24(7-9-25)34(37)26(31(33(36)45-34)23-5-10-27-28(20-23)44-21-43-27)17-22-18-29(39-2)32(40-3)30(19-22)42-14-4-11-35-12-15-41-16-13-35;3-1-2-7(4,5)6/h5-10,18-20,37H,4,11-17,21H2,1-3H3;3H,1-2H2,(H,4,5,6). The Morgan fingerprint density at radius 1 is 0.904 bits per heavy atom. The minimum absolute atomic E-state index is 0.0891. The van der Waals surface area contributed by atoms with E-state index >= 15 is 0 Å². The number of morpholine rings is 1. The molecule has 16 heteroatoms. The summed E-state index contributed by atoms with van der Waals surface area (Å²) in [5.41, 5.74) is 2.21. The van der Waals surface area contributed by atoms with Crippen molar-refractivity contribution in [3.8, 4) is 34.5 Å². The van der Waals surface area contributed by atoms with E-state index in [4.69, 9.17) is 47.6 Å². The van der Waals surface area contributed by atoms with Crippen LogP contribution in [0.25, 0.3) is 5.57 Å². The van der Waals surface area contributed by atoms with Crippen LogP contribution in [-0.4, -0.2) is 114 Å². The average molecular weight is 746 g/mol. The molecule has 15 nitrogen and oxygen atoms in total. The Labute approximate surface area is 301 Å². The number of methoxy groups -OCH3 is 3. The summed E-state index contributed by atoms with van der Waals surface area (Å²) >= 11 is 0. The molecule has 282 valence electrons. The van der Waals surface area contributed by atoms with Crippen molar-refractivity contribution in [3.05, 3.63) is 76.9 Å². The van der Waals surface area contributed by atoms with Gasteiger partial charge < -0.3 is 48.1 Å². The Bertz CT molecular complexity index is 1840. The molecule has 1 saturated heterocycles. The summed E-state index contributed by atoms with van der Waals surface area (Å²) in [6.45, 7) is 4.22. The van der Waals surface area contributed by atoms with E-state index in [1.54, 1.807) is 69.9 Å². The topological polar surface area (TPSA) is 189 Å². The van der Waals surface area contributed by atoms with Crippen molar-refractivity contribution in [2.24, 2.45) is 0 Å². The lowest BCUT2D eigenvalue weighted by atomic mass is 9.88. The Hall–Kier alpha value is -4.58. The number of esters is 1. The fourth-order valence-corrected chi connectivity index (χ4v) is 6.18. The summed E-state index contributed by atoms with van der Waals surface area (Å²) in [5.74, 6) is -0.195. The third-order valence-electron chi connectivity index (χ3n) is 8.51. The van der Waals surface area contributed by atoms with Crippen LogP contribution in [0.3, 0.4) is 0 Å². The highest BCUT2D eigenvalue weighted by atomic mass is 32.2. The molecule has 1 unspecified atom stereocenters. The van der Waals surface area contributed by atoms with E-state index in [1.807, 2.05) is 6.07 Å². The second-order valence-electron chi connectivity index (χ2n) is 11.9. The molecular formula is C36H43NO14S. The van der Waals surface area contributed by atoms with Crippen molar-refractivity contribution < 1.29 is 65.9 Å². The molecule has 1 atom stereocenters. The Morgan fingerprint density at radius 2 is 1.62 bits per heavy atom. The molecule has 0 aliphatic carbocycles. The van der Waals surface area contributed by atoms with E-state index in [-0.39, 0.29) is 18.8 Å². The van der Waals surface area contributed by atoms with Crippen LogP contribution in [0.5, 0.6) is 34.5 Å². The van der Waals surface area contributed by atoms with Gasteiger partial charge in [0.25, 0.3) is 15.9 Å². The average Bonchev–Trinajstić information content (AvgIpc) is 3.71. The van der Waals surface area contributed by atoms with Gasteiger partial charge in [-0.3, -0.25) is 9.45 Å². The maximum absolute atomic E-state index is 13.6. The van der Waals surface area contributed by atoms with Crippen LogP contribution < -0.4 is 28.4 Å². The first kappa shape index (κ1) is 38.6. The number of hydrogen-bond donors (Lipinski definition) is 3. The summed E-state index contributed by atoms with van der Waals surface area (Å²) in [7, 11) is 0.746. The van der Waals surface area contributed by atoms with Crippen LogP contribution in [0.1, 0.15) is 23.1 Å². The van der Waals surface area contributed by atoms with Crippen LogP contribution in [0.4, 0.5) is 0 Å². The summed E-state index contributed by atoms with van der Waals surface area (Å²) in [5, 5.41) is 20.0. The van der Waals surface area contributed by atoms with Crippen molar-refractivity contribution in [3.63, 3.8) is 0 Å². The molecule has 3 aliphatic rings. The minimum atomic E-state index is -3.92. The normalized spacial score (nSPS) is 18.4. The zero-order valence-electron chi connectivity index (χ0n) is 29.2. The highest BCUT2D eigenvalue weighted by Gasteiger charge is 2.48. The van der Waals surface area contributed by atoms with Gasteiger partial charge >= 0.3 is 5.97 Å². The fraction of sp³-hybridized carbons (Fsp3) is 0.417. The number of nitrogens with zero attached hydrogens (tertiary/aromatic N) is 1. The number of hydrogen-bond acceptors (Lipinski definition) is 14. The van der Waals surface area contributed by atoms with Crippen LogP contribution in [-0.2, 0) is 36.6 Å². The number of ether oxygens (including phenoxy) is 8. The van der Waals surface area contributed by atoms with Gasteiger partial charge in [0.15, 0.2) is 23.0 Å². The number of aliphatic hydroxyl groups is 2. The Balaban J connectivity index is 0.000000679. The molecule has 3 aromatic rings. The van der Waals surface area contributed by atoms with Crippen molar-refractivity contribution in [1.29, 1.82) is 0 Å². The number of cyclic esters (lactones) is 1. The maximum atomic E-state index is 13.6. The van der Waals surface area contributed by atoms with E-state index in [9.17, 15) is 18.3 Å². The van der Waals surface area contributed by atoms with Gasteiger partial charge in [0.05, 0.1) is 59.1 Å². The van der Waals surface area contributed by atoms with Crippen LogP contribution in [0.2, 0.25) is 0 Å². The smallest absolute Gasteiger partial charge is 0.342 e. The van der Waals surface area contributed by atoms with Gasteiger partial charge in [-0.1, -0.05) is 6.07 Å². The highest BCUT2D eigenvalue weighted by Crippen LogP contribution is 2.48. The van der Waals surface area contributed by atoms with Crippen LogP contribution >= 0.6 is 0 Å². The molecule has 3 aromatic carbocycles. The summed E-state index contributed by atoms with van der Waals surface area (Å²) in [4.78, 5) is 15.9. The molecule has 6 rings (SSSR count). The first-order chi connectivity index (χ1) is 25.0. The number of rotatable bonds is 14. The molecule has 3 N–H and O–H groups in total. The second kappa shape index (κ2) is 17.3. The minimum Gasteiger partial charge on any atom is -0.497 e. The lowest BCUT2D eigenvalue weighted by Crippen LogP contribution is -2.37. The zero-order chi connectivity index (χ0) is 37.3. The molecule has 0 bridgehead atoms. The number of carbonyl (C=O) groups excluding carboxylic acids is 1. The molecule has 3 aliphatic heterocycles. The van der Waals surface area contributed by atoms with E-state index in [0.717, 1.165) is 39.3 Å². The molecule has 0 aromatic heterocycles. The van der Waals surface area contributed by atoms with Gasteiger partial charge in [-0.05, 0) is 66.1 Å². The maximum Gasteiger partial charge on any atom is 0.342 e. The van der Waals surface area contributed by atoms with E-state index in [0.29, 0.717) is 63.4 Å². The predicted molar refractivity (Wildman–Crippen MR) is 187 cm³/mol. The molecule has 52 heavy (non-hydrogen) atoms. The van der Waals surface area contributed by atoms with Gasteiger partial charge in [-0.2, -0.15) is 8.42 Å². The first-order valence-electron chi connectivity index (χ1n) is 16.5. The first-order valence-corrected chi connectivity index (χ1v) is 18.1. The van der Waals surface area contributed by atoms with Crippen LogP contribution in [0.15, 0.2) is 60.2 Å². The largest absolute Gasteiger partial charge is 0.497 e. The molecule has 0 amide bonds. The number of carbonyl (C=O) groups is 1. The van der Waals surface area contributed by atoms with Crippen molar-refractivity contribution in [2.75, 3.05) is 79.9 Å². The van der Waals surface area contributed by atoms with Crippen molar-refractivity contribution in [2.45, 2.75) is 18.6 Å². The van der Waals surface area contributed by atoms with Gasteiger partial charge in [-0.25, -0.2) is 4.79 Å². The number of aliphatic hydroxyl groups excluding tert-OH is 1. The molecule has 0 radical (unpaired) electrons. The third kappa shape index (κ3) is 9.25. The summed E-state index contributed by atoms with van der Waals surface area (Å²) in [6, 6.07) is 15.6. The monoisotopic (exact) mass is 745 g/mol. The molecule has 1 fully saturated rings. The van der Waals surface area contributed by atoms with Crippen molar-refractivity contribution >= 4 is 21.7 Å². The molecular weight excluding hydrogens is 702 g/mol. The molecule has 0 saturated carbocycles. The third-order valence-corrected chi connectivity index (χ3v) is 9.21. The number of benzene rings is 3. The SMILES string of the molecule is COc1ccc(C2(O)OC(=O)C(c3ccc4c(c3)OCO4)=C2Cc2cc(OC)c(OC)c(OCCCN3CCOCC3)c2)cc1.O=S(=O)(O)CCO. The lowest BCUT2D eigenvalue weighted by molar-refractivity contribution is -0.185. The second-order valence-corrected chi connectivity index (χ2v) is 13.4. The summed E-state index contributed by atoms with van der Waals surface area (Å²) < 4.78 is 72.2. The van der Waals surface area contributed by atoms with Gasteiger partial charge in [0.2, 0.25) is 12.5 Å². The molecule has 3 heterocycles. The Morgan fingerprint density at radius 3 is 2.25 bits per heavy atom. The van der Waals surface area contributed by atoms with Gasteiger partial charge in [0.1, 0.15) is 5.75 Å². The zero-order valence-corrected chi connectivity index (χ0v) is 30.0. The van der Waals surface area contributed by atoms with Gasteiger partial charge in [-0.15, -0.1) is 0 Å². The van der Waals surface area contributed by atoms with Gasteiger partial charge in [0, 0.05) is 37.2 Å². The predicted octanol–water partition coefficient (Wildman–Crippen LogP) is 2.81. The van der Waals surface area contributed by atoms with E-state index < -0.39 is 34.2 Å². The Kier molecular flexibility index (Phi) is 12.9. The molecule has 0 spiro atoms. The van der Waals surface area contributed by atoms with E-state index in [1.165, 1.54) is 0 Å². The highest BCUT2D eigenvalue weighted by molar-refractivity contribution is 7.85. The quantitative estimate of drug-likeness (QED) is 0.124. The fourth-order valence-electron chi connectivity index (χ4n) is 5.95. The van der Waals surface area contributed by atoms with Crippen molar-refractivity contribution in [1.82, 2.24) is 4.90 Å². The number of fused-ring (bicyclic) bond motifs is 1.